The number of likely N-dealkylation sites (tertiary alicyclic amines) is 1. The zero-order chi connectivity index (χ0) is 18.6. The average Bonchev–Trinajstić information content (AvgIpc) is 2.97. The number of nitrogens with zero attached hydrogens (tertiary/aromatic N) is 2. The Morgan fingerprint density at radius 1 is 1.44 bits per heavy atom. The van der Waals surface area contributed by atoms with Crippen molar-refractivity contribution >= 4 is 12.0 Å². The van der Waals surface area contributed by atoms with Crippen molar-refractivity contribution in [2.75, 3.05) is 13.1 Å². The number of aliphatic carboxylic acids is 1. The van der Waals surface area contributed by atoms with Crippen molar-refractivity contribution in [2.45, 2.75) is 52.9 Å². The molecule has 2 N–H and O–H groups in total. The van der Waals surface area contributed by atoms with Gasteiger partial charge in [-0.05, 0) is 33.1 Å². The smallest absolute Gasteiger partial charge is 0.317 e. The highest BCUT2D eigenvalue weighted by Gasteiger charge is 2.31. The van der Waals surface area contributed by atoms with E-state index in [2.05, 4.69) is 10.5 Å². The molecule has 140 valence electrons. The van der Waals surface area contributed by atoms with Gasteiger partial charge in [0.2, 0.25) is 0 Å². The maximum atomic E-state index is 12.3. The van der Waals surface area contributed by atoms with Crippen LogP contribution in [0.3, 0.4) is 0 Å². The molecule has 8 nitrogen and oxygen atoms in total. The summed E-state index contributed by atoms with van der Waals surface area (Å²) in [6.07, 6.45) is 0.597. The molecule has 0 aromatic carbocycles. The average molecular weight is 353 g/mol. The number of carboxylic acid groups (broad SMARTS) is 1. The fourth-order valence-electron chi connectivity index (χ4n) is 2.77. The Hall–Kier alpha value is -2.09. The topological polar surface area (TPSA) is 105 Å². The SMILES string of the molecule is CC1CC(C(=O)O)CN(C(=O)NCc2cc(COC(C)(C)C)on2)C1. The predicted octanol–water partition coefficient (Wildman–Crippen LogP) is 2.24. The van der Waals surface area contributed by atoms with Gasteiger partial charge in [-0.3, -0.25) is 4.79 Å². The highest BCUT2D eigenvalue weighted by Crippen LogP contribution is 2.21. The fraction of sp³-hybridized carbons (Fsp3) is 0.706. The van der Waals surface area contributed by atoms with Crippen LogP contribution >= 0.6 is 0 Å². The molecule has 25 heavy (non-hydrogen) atoms. The number of amides is 2. The summed E-state index contributed by atoms with van der Waals surface area (Å²) in [7, 11) is 0. The summed E-state index contributed by atoms with van der Waals surface area (Å²) in [5.74, 6) is -0.613. The van der Waals surface area contributed by atoms with Crippen LogP contribution < -0.4 is 5.32 Å². The van der Waals surface area contributed by atoms with E-state index in [4.69, 9.17) is 9.26 Å². The van der Waals surface area contributed by atoms with Crippen LogP contribution in [0.25, 0.3) is 0 Å². The van der Waals surface area contributed by atoms with Gasteiger partial charge in [0.25, 0.3) is 0 Å². The van der Waals surface area contributed by atoms with Gasteiger partial charge in [-0.1, -0.05) is 12.1 Å². The molecule has 1 aromatic heterocycles. The van der Waals surface area contributed by atoms with Crippen LogP contribution in [0.4, 0.5) is 4.79 Å². The molecule has 2 heterocycles. The molecule has 8 heteroatoms. The van der Waals surface area contributed by atoms with Crippen molar-refractivity contribution in [2.24, 2.45) is 11.8 Å². The summed E-state index contributed by atoms with van der Waals surface area (Å²) in [5, 5.41) is 15.9. The maximum absolute atomic E-state index is 12.3. The second-order valence-electron chi connectivity index (χ2n) is 7.63. The second kappa shape index (κ2) is 7.86. The third-order valence-corrected chi connectivity index (χ3v) is 3.97. The largest absolute Gasteiger partial charge is 0.481 e. The Balaban J connectivity index is 1.83. The normalized spacial score (nSPS) is 21.2. The van der Waals surface area contributed by atoms with Crippen molar-refractivity contribution in [3.63, 3.8) is 0 Å². The molecule has 2 atom stereocenters. The molecule has 1 fully saturated rings. The standard InChI is InChI=1S/C17H27N3O5/c1-11-5-12(15(21)22)9-20(8-11)16(23)18-7-13-6-14(25-19-13)10-24-17(2,3)4/h6,11-12H,5,7-10H2,1-4H3,(H,18,23)(H,21,22). The monoisotopic (exact) mass is 353 g/mol. The zero-order valence-corrected chi connectivity index (χ0v) is 15.2. The number of hydrogen-bond donors (Lipinski definition) is 2. The number of piperidine rings is 1. The zero-order valence-electron chi connectivity index (χ0n) is 15.2. The lowest BCUT2D eigenvalue weighted by molar-refractivity contribution is -0.143. The summed E-state index contributed by atoms with van der Waals surface area (Å²) in [4.78, 5) is 25.0. The number of carboxylic acids is 1. The number of carbonyl (C=O) groups excluding carboxylic acids is 1. The molecule has 1 saturated heterocycles. The lowest BCUT2D eigenvalue weighted by atomic mass is 9.91. The van der Waals surface area contributed by atoms with Crippen molar-refractivity contribution in [1.29, 1.82) is 0 Å². The van der Waals surface area contributed by atoms with Gasteiger partial charge < -0.3 is 24.6 Å². The molecule has 0 bridgehead atoms. The van der Waals surface area contributed by atoms with Crippen LogP contribution in [0.2, 0.25) is 0 Å². The van der Waals surface area contributed by atoms with Gasteiger partial charge in [-0.15, -0.1) is 0 Å². The first-order chi connectivity index (χ1) is 11.6. The van der Waals surface area contributed by atoms with Crippen LogP contribution in [0.5, 0.6) is 0 Å². The predicted molar refractivity (Wildman–Crippen MR) is 89.8 cm³/mol. The van der Waals surface area contributed by atoms with Crippen molar-refractivity contribution in [3.8, 4) is 0 Å². The van der Waals surface area contributed by atoms with E-state index in [0.717, 1.165) is 0 Å². The van der Waals surface area contributed by atoms with E-state index < -0.39 is 11.9 Å². The molecular weight excluding hydrogens is 326 g/mol. The summed E-state index contributed by atoms with van der Waals surface area (Å²) >= 11 is 0. The molecule has 2 rings (SSSR count). The number of urea groups is 1. The van der Waals surface area contributed by atoms with Gasteiger partial charge in [0.1, 0.15) is 12.3 Å². The number of hydrogen-bond acceptors (Lipinski definition) is 5. The Morgan fingerprint density at radius 3 is 2.80 bits per heavy atom. The molecule has 2 amide bonds. The minimum atomic E-state index is -0.857. The quantitative estimate of drug-likeness (QED) is 0.841. The van der Waals surface area contributed by atoms with Crippen molar-refractivity contribution < 1.29 is 24.0 Å². The second-order valence-corrected chi connectivity index (χ2v) is 7.63. The van der Waals surface area contributed by atoms with Crippen LogP contribution in [-0.2, 0) is 22.7 Å². The highest BCUT2D eigenvalue weighted by atomic mass is 16.5. The Kier molecular flexibility index (Phi) is 6.05. The first-order valence-corrected chi connectivity index (χ1v) is 8.48. The van der Waals surface area contributed by atoms with E-state index in [1.54, 1.807) is 11.0 Å². The molecule has 1 aliphatic heterocycles. The lowest BCUT2D eigenvalue weighted by Crippen LogP contribution is -2.49. The van der Waals surface area contributed by atoms with Gasteiger partial charge in [0.15, 0.2) is 5.76 Å². The van der Waals surface area contributed by atoms with Gasteiger partial charge >= 0.3 is 12.0 Å². The Bertz CT molecular complexity index is 608. The minimum Gasteiger partial charge on any atom is -0.481 e. The molecule has 0 radical (unpaired) electrons. The molecule has 0 saturated carbocycles. The van der Waals surface area contributed by atoms with Gasteiger partial charge in [-0.25, -0.2) is 4.79 Å². The number of rotatable bonds is 5. The summed E-state index contributed by atoms with van der Waals surface area (Å²) < 4.78 is 10.8. The molecule has 1 aliphatic rings. The molecular formula is C17H27N3O5. The maximum Gasteiger partial charge on any atom is 0.317 e. The number of nitrogens with one attached hydrogen (secondary N) is 1. The Labute approximate surface area is 147 Å². The van der Waals surface area contributed by atoms with Gasteiger partial charge in [-0.2, -0.15) is 0 Å². The van der Waals surface area contributed by atoms with E-state index in [9.17, 15) is 14.7 Å². The third-order valence-electron chi connectivity index (χ3n) is 3.97. The molecule has 2 unspecified atom stereocenters. The van der Waals surface area contributed by atoms with E-state index in [0.29, 0.717) is 31.0 Å². The third kappa shape index (κ3) is 6.04. The van der Waals surface area contributed by atoms with E-state index in [1.165, 1.54) is 0 Å². The van der Waals surface area contributed by atoms with Crippen LogP contribution in [0.15, 0.2) is 10.6 Å². The Morgan fingerprint density at radius 2 is 2.16 bits per heavy atom. The van der Waals surface area contributed by atoms with Crippen LogP contribution in [-0.4, -0.2) is 45.9 Å². The summed E-state index contributed by atoms with van der Waals surface area (Å²) in [5.41, 5.74) is 0.327. The fourth-order valence-corrected chi connectivity index (χ4v) is 2.77. The van der Waals surface area contributed by atoms with E-state index in [1.807, 2.05) is 27.7 Å². The first-order valence-electron chi connectivity index (χ1n) is 8.48. The van der Waals surface area contributed by atoms with Crippen LogP contribution in [0.1, 0.15) is 45.6 Å². The van der Waals surface area contributed by atoms with Crippen LogP contribution in [0, 0.1) is 11.8 Å². The number of ether oxygens (including phenoxy) is 1. The summed E-state index contributed by atoms with van der Waals surface area (Å²) in [6, 6.07) is 1.46. The minimum absolute atomic E-state index is 0.161. The van der Waals surface area contributed by atoms with Crippen molar-refractivity contribution in [1.82, 2.24) is 15.4 Å². The van der Waals surface area contributed by atoms with Gasteiger partial charge in [0.05, 0.1) is 18.1 Å². The van der Waals surface area contributed by atoms with E-state index >= 15 is 0 Å². The highest BCUT2D eigenvalue weighted by molar-refractivity contribution is 5.76. The van der Waals surface area contributed by atoms with Gasteiger partial charge in [0, 0.05) is 19.2 Å². The molecule has 0 aliphatic carbocycles. The lowest BCUT2D eigenvalue weighted by Gasteiger charge is -2.34. The number of carbonyl (C=O) groups is 2. The number of aromatic nitrogens is 1. The first kappa shape index (κ1) is 19.2. The summed E-state index contributed by atoms with van der Waals surface area (Å²) in [6.45, 7) is 9.13. The molecule has 0 spiro atoms. The van der Waals surface area contributed by atoms with E-state index in [-0.39, 0.29) is 30.6 Å². The molecule has 1 aromatic rings. The van der Waals surface area contributed by atoms with Crippen molar-refractivity contribution in [3.05, 3.63) is 17.5 Å².